The Bertz CT molecular complexity index is 737. The quantitative estimate of drug-likeness (QED) is 0.124. The Labute approximate surface area is 237 Å². The molecule has 0 atom stereocenters. The Hall–Kier alpha value is -2.61. The average molecular weight is 572 g/mol. The molecule has 0 aromatic rings. The number of rotatable bonds is 19. The van der Waals surface area contributed by atoms with Crippen LogP contribution in [0.4, 0.5) is 0 Å². The fourth-order valence-electron chi connectivity index (χ4n) is 4.69. The van der Waals surface area contributed by atoms with E-state index in [0.717, 1.165) is 57.7 Å². The highest BCUT2D eigenvalue weighted by molar-refractivity contribution is 5.78. The van der Waals surface area contributed by atoms with Gasteiger partial charge in [0.2, 0.25) is 5.91 Å². The van der Waals surface area contributed by atoms with Gasteiger partial charge >= 0.3 is 17.9 Å². The molecule has 1 rings (SSSR count). The fourth-order valence-corrected chi connectivity index (χ4v) is 4.69. The number of amides is 1. The van der Waals surface area contributed by atoms with Gasteiger partial charge in [0.05, 0.1) is 26.2 Å². The van der Waals surface area contributed by atoms with E-state index in [-0.39, 0.29) is 32.1 Å². The molecule has 1 heterocycles. The Kier molecular flexibility index (Phi) is 19.6. The van der Waals surface area contributed by atoms with Crippen LogP contribution in [-0.2, 0) is 24.0 Å². The summed E-state index contributed by atoms with van der Waals surface area (Å²) in [6.45, 7) is 3.10. The van der Waals surface area contributed by atoms with Crippen molar-refractivity contribution >= 4 is 30.1 Å². The monoisotopic (exact) mass is 571 g/mol. The van der Waals surface area contributed by atoms with Crippen molar-refractivity contribution in [3.8, 4) is 0 Å². The van der Waals surface area contributed by atoms with Gasteiger partial charge in [-0.15, -0.1) is 0 Å². The molecule has 1 fully saturated rings. The predicted octanol–water partition coefficient (Wildman–Crippen LogP) is 0.288. The molecule has 4 N–H and O–H groups in total. The summed E-state index contributed by atoms with van der Waals surface area (Å²) in [7, 11) is 0. The summed E-state index contributed by atoms with van der Waals surface area (Å²) in [5.74, 6) is -3.08. The molecule has 0 saturated carbocycles. The van der Waals surface area contributed by atoms with E-state index in [1.807, 2.05) is 4.90 Å². The second kappa shape index (κ2) is 22.1. The predicted molar refractivity (Wildman–Crippen MR) is 149 cm³/mol. The van der Waals surface area contributed by atoms with E-state index >= 15 is 0 Å². The first kappa shape index (κ1) is 35.4. The summed E-state index contributed by atoms with van der Waals surface area (Å²) in [5.41, 5.74) is 0. The van der Waals surface area contributed by atoms with E-state index < -0.39 is 17.9 Å². The van der Waals surface area contributed by atoms with Crippen LogP contribution in [0.15, 0.2) is 0 Å². The van der Waals surface area contributed by atoms with Gasteiger partial charge in [0.15, 0.2) is 0 Å². The highest BCUT2D eigenvalue weighted by Gasteiger charge is 2.21. The number of carbonyl (C=O) groups is 5. The summed E-state index contributed by atoms with van der Waals surface area (Å²) in [4.78, 5) is 64.1. The summed E-state index contributed by atoms with van der Waals surface area (Å²) in [6, 6.07) is 0. The van der Waals surface area contributed by atoms with Crippen molar-refractivity contribution < 1.29 is 39.3 Å². The van der Waals surface area contributed by atoms with Crippen molar-refractivity contribution in [2.75, 3.05) is 85.1 Å². The highest BCUT2D eigenvalue weighted by Crippen LogP contribution is 2.09. The summed E-state index contributed by atoms with van der Waals surface area (Å²) in [6.07, 6.45) is 10.2. The van der Waals surface area contributed by atoms with Crippen molar-refractivity contribution in [1.82, 2.24) is 24.9 Å². The number of hydrogen-bond donors (Lipinski definition) is 4. The lowest BCUT2D eigenvalue weighted by Gasteiger charge is -2.32. The molecular weight excluding hydrogens is 522 g/mol. The molecule has 1 aliphatic rings. The third kappa shape index (κ3) is 19.4. The van der Waals surface area contributed by atoms with Crippen molar-refractivity contribution in [2.24, 2.45) is 0 Å². The first-order valence-corrected chi connectivity index (χ1v) is 14.4. The van der Waals surface area contributed by atoms with Gasteiger partial charge < -0.3 is 25.4 Å². The van der Waals surface area contributed by atoms with Gasteiger partial charge in [-0.25, -0.2) is 0 Å². The molecule has 40 heavy (non-hydrogen) atoms. The third-order valence-corrected chi connectivity index (χ3v) is 6.94. The molecule has 1 saturated heterocycles. The van der Waals surface area contributed by atoms with E-state index in [1.165, 1.54) is 0 Å². The van der Waals surface area contributed by atoms with E-state index in [2.05, 4.69) is 5.32 Å². The Morgan fingerprint density at radius 1 is 0.525 bits per heavy atom. The minimum absolute atomic E-state index is 0.121. The smallest absolute Gasteiger partial charge is 0.317 e. The van der Waals surface area contributed by atoms with Gasteiger partial charge in [-0.2, -0.15) is 0 Å². The zero-order chi connectivity index (χ0) is 29.6. The first-order chi connectivity index (χ1) is 19.2. The van der Waals surface area contributed by atoms with E-state index in [0.29, 0.717) is 65.3 Å². The maximum absolute atomic E-state index is 12.7. The number of carbonyl (C=O) groups excluding carboxylic acids is 2. The minimum atomic E-state index is -0.999. The van der Waals surface area contributed by atoms with Crippen LogP contribution in [0.3, 0.4) is 0 Å². The van der Waals surface area contributed by atoms with Gasteiger partial charge in [-0.05, 0) is 12.8 Å². The van der Waals surface area contributed by atoms with Crippen molar-refractivity contribution in [2.45, 2.75) is 57.8 Å². The lowest BCUT2D eigenvalue weighted by molar-refractivity contribution is -0.140. The third-order valence-electron chi connectivity index (χ3n) is 6.94. The molecule has 0 unspecified atom stereocenters. The highest BCUT2D eigenvalue weighted by atomic mass is 16.4. The molecule has 1 amide bonds. The van der Waals surface area contributed by atoms with Gasteiger partial charge in [0.25, 0.3) is 0 Å². The number of carboxylic acids is 3. The number of aliphatic carboxylic acids is 3. The lowest BCUT2D eigenvalue weighted by Crippen LogP contribution is -2.49. The van der Waals surface area contributed by atoms with Crippen LogP contribution in [0.2, 0.25) is 0 Å². The van der Waals surface area contributed by atoms with Gasteiger partial charge in [0.1, 0.15) is 6.29 Å². The molecule has 0 aromatic carbocycles. The minimum Gasteiger partial charge on any atom is -0.480 e. The second-order valence-electron chi connectivity index (χ2n) is 10.4. The zero-order valence-corrected chi connectivity index (χ0v) is 23.8. The number of nitrogens with zero attached hydrogens (tertiary/aromatic N) is 4. The van der Waals surface area contributed by atoms with E-state index in [4.69, 9.17) is 0 Å². The van der Waals surface area contributed by atoms with E-state index in [9.17, 15) is 39.3 Å². The molecule has 13 nitrogen and oxygen atoms in total. The molecule has 0 aromatic heterocycles. The number of carboxylic acid groups (broad SMARTS) is 3. The summed E-state index contributed by atoms with van der Waals surface area (Å²) in [5, 5.41) is 30.9. The van der Waals surface area contributed by atoms with Crippen LogP contribution in [0.25, 0.3) is 0 Å². The molecule has 0 bridgehead atoms. The maximum atomic E-state index is 12.7. The Balaban J connectivity index is 2.58. The van der Waals surface area contributed by atoms with Crippen molar-refractivity contribution in [1.29, 1.82) is 0 Å². The molecule has 13 heteroatoms. The number of hydrogen-bond acceptors (Lipinski definition) is 9. The average Bonchev–Trinajstić information content (AvgIpc) is 2.88. The molecule has 0 spiro atoms. The second-order valence-corrected chi connectivity index (χ2v) is 10.4. The van der Waals surface area contributed by atoms with Gasteiger partial charge in [0, 0.05) is 65.3 Å². The van der Waals surface area contributed by atoms with Crippen molar-refractivity contribution in [3.05, 3.63) is 0 Å². The normalized spacial score (nSPS) is 17.0. The number of nitrogens with one attached hydrogen (secondary N) is 1. The van der Waals surface area contributed by atoms with Crippen LogP contribution < -0.4 is 5.32 Å². The topological polar surface area (TPSA) is 171 Å². The van der Waals surface area contributed by atoms with Crippen molar-refractivity contribution in [3.63, 3.8) is 0 Å². The zero-order valence-electron chi connectivity index (χ0n) is 23.8. The number of aldehydes is 1. The molecule has 230 valence electrons. The molecule has 0 radical (unpaired) electrons. The van der Waals surface area contributed by atoms with Crippen LogP contribution in [0, 0.1) is 0 Å². The number of unbranched alkanes of at least 4 members (excludes halogenated alkanes) is 8. The first-order valence-electron chi connectivity index (χ1n) is 14.4. The van der Waals surface area contributed by atoms with Gasteiger partial charge in [-0.3, -0.25) is 38.8 Å². The largest absolute Gasteiger partial charge is 0.480 e. The van der Waals surface area contributed by atoms with Crippen LogP contribution in [0.1, 0.15) is 57.8 Å². The SMILES string of the molecule is O=CCCCCCCCCCCNC(=O)CN1CCN(CC(=O)O)CCN(CC(=O)O)CCN(CC(=O)O)CC1. The summed E-state index contributed by atoms with van der Waals surface area (Å²) >= 11 is 0. The van der Waals surface area contributed by atoms with Crippen LogP contribution in [0.5, 0.6) is 0 Å². The molecular formula is C27H49N5O8. The lowest BCUT2D eigenvalue weighted by atomic mass is 10.1. The fraction of sp³-hybridized carbons (Fsp3) is 0.815. The summed E-state index contributed by atoms with van der Waals surface area (Å²) < 4.78 is 0. The molecule has 0 aliphatic carbocycles. The standard InChI is InChI=1S/C27H49N5O8/c33-19-9-7-5-3-1-2-4-6-8-10-28-24(34)20-29-11-13-30(21-25(35)36)15-17-32(23-27(39)40)18-16-31(14-12-29)22-26(37)38/h19H,1-18,20-23H2,(H,28,34)(H,35,36)(H,37,38)(H,39,40). The van der Waals surface area contributed by atoms with Crippen LogP contribution >= 0.6 is 0 Å². The van der Waals surface area contributed by atoms with E-state index in [1.54, 1.807) is 14.7 Å². The Morgan fingerprint density at radius 2 is 0.850 bits per heavy atom. The molecule has 1 aliphatic heterocycles. The van der Waals surface area contributed by atoms with Crippen LogP contribution in [-0.4, -0.2) is 150 Å². The maximum Gasteiger partial charge on any atom is 0.317 e. The van der Waals surface area contributed by atoms with Gasteiger partial charge in [-0.1, -0.05) is 38.5 Å². The Morgan fingerprint density at radius 3 is 1.20 bits per heavy atom.